The summed E-state index contributed by atoms with van der Waals surface area (Å²) in [5, 5.41) is 13.5. The molecule has 2 N–H and O–H groups in total. The van der Waals surface area contributed by atoms with Crippen molar-refractivity contribution < 1.29 is 5.11 Å². The Morgan fingerprint density at radius 3 is 2.80 bits per heavy atom. The van der Waals surface area contributed by atoms with Gasteiger partial charge in [-0.25, -0.2) is 0 Å². The maximum Gasteiger partial charge on any atom is 0.0475 e. The third kappa shape index (κ3) is 4.93. The van der Waals surface area contributed by atoms with Gasteiger partial charge in [0.1, 0.15) is 0 Å². The number of nitrogens with zero attached hydrogens (tertiary/aromatic N) is 1. The van der Waals surface area contributed by atoms with Crippen LogP contribution in [0.5, 0.6) is 0 Å². The molecule has 0 fully saturated rings. The summed E-state index contributed by atoms with van der Waals surface area (Å²) in [6.45, 7) is 1.65. The number of pyridine rings is 1. The Bertz CT molecular complexity index is 519. The van der Waals surface area contributed by atoms with E-state index in [1.165, 1.54) is 0 Å². The van der Waals surface area contributed by atoms with Crippen molar-refractivity contribution in [3.8, 4) is 0 Å². The first-order valence-corrected chi connectivity index (χ1v) is 7.11. The van der Waals surface area contributed by atoms with Gasteiger partial charge in [0, 0.05) is 36.6 Å². The molecule has 0 amide bonds. The van der Waals surface area contributed by atoms with Gasteiger partial charge in [-0.1, -0.05) is 29.8 Å². The Morgan fingerprint density at radius 1 is 1.20 bits per heavy atom. The zero-order chi connectivity index (χ0) is 14.2. The molecule has 0 saturated heterocycles. The highest BCUT2D eigenvalue weighted by Gasteiger charge is 2.09. The van der Waals surface area contributed by atoms with Gasteiger partial charge in [0.2, 0.25) is 0 Å². The SMILES string of the molecule is OCC(CNCc1cccc(Cl)c1)Cc1ccccn1. The highest BCUT2D eigenvalue weighted by atomic mass is 35.5. The van der Waals surface area contributed by atoms with Crippen molar-refractivity contribution in [3.63, 3.8) is 0 Å². The number of hydrogen-bond donors (Lipinski definition) is 2. The van der Waals surface area contributed by atoms with Crippen molar-refractivity contribution in [3.05, 3.63) is 64.9 Å². The van der Waals surface area contributed by atoms with E-state index in [0.29, 0.717) is 0 Å². The number of aromatic nitrogens is 1. The predicted molar refractivity (Wildman–Crippen MR) is 81.7 cm³/mol. The van der Waals surface area contributed by atoms with Crippen LogP contribution >= 0.6 is 11.6 Å². The zero-order valence-corrected chi connectivity index (χ0v) is 12.1. The van der Waals surface area contributed by atoms with E-state index in [1.807, 2.05) is 42.5 Å². The third-order valence-corrected chi connectivity index (χ3v) is 3.37. The van der Waals surface area contributed by atoms with Crippen LogP contribution in [0, 0.1) is 5.92 Å². The molecule has 106 valence electrons. The summed E-state index contributed by atoms with van der Waals surface area (Å²) in [4.78, 5) is 4.29. The van der Waals surface area contributed by atoms with Crippen LogP contribution in [0.4, 0.5) is 0 Å². The van der Waals surface area contributed by atoms with E-state index in [9.17, 15) is 5.11 Å². The van der Waals surface area contributed by atoms with Gasteiger partial charge in [-0.15, -0.1) is 0 Å². The second-order valence-electron chi connectivity index (χ2n) is 4.83. The molecule has 1 unspecified atom stereocenters. The summed E-state index contributed by atoms with van der Waals surface area (Å²) in [5.74, 6) is 0.170. The first-order chi connectivity index (χ1) is 9.78. The molecule has 1 heterocycles. The number of benzene rings is 1. The summed E-state index contributed by atoms with van der Waals surface area (Å²) < 4.78 is 0. The van der Waals surface area contributed by atoms with E-state index in [-0.39, 0.29) is 12.5 Å². The molecule has 1 aromatic carbocycles. The quantitative estimate of drug-likeness (QED) is 0.824. The van der Waals surface area contributed by atoms with E-state index in [2.05, 4.69) is 10.3 Å². The molecule has 0 aliphatic rings. The fourth-order valence-electron chi connectivity index (χ4n) is 2.08. The lowest BCUT2D eigenvalue weighted by molar-refractivity contribution is 0.220. The van der Waals surface area contributed by atoms with E-state index in [0.717, 1.165) is 35.8 Å². The van der Waals surface area contributed by atoms with E-state index >= 15 is 0 Å². The number of rotatable bonds is 7. The molecule has 0 bridgehead atoms. The minimum absolute atomic E-state index is 0.152. The van der Waals surface area contributed by atoms with Crippen molar-refractivity contribution in [1.29, 1.82) is 0 Å². The Hall–Kier alpha value is -1.42. The van der Waals surface area contributed by atoms with Gasteiger partial charge in [0.25, 0.3) is 0 Å². The summed E-state index contributed by atoms with van der Waals surface area (Å²) in [5.41, 5.74) is 2.16. The van der Waals surface area contributed by atoms with Crippen LogP contribution in [0.3, 0.4) is 0 Å². The van der Waals surface area contributed by atoms with Gasteiger partial charge in [-0.05, 0) is 42.2 Å². The minimum atomic E-state index is 0.152. The molecule has 1 aromatic heterocycles. The number of hydrogen-bond acceptors (Lipinski definition) is 3. The van der Waals surface area contributed by atoms with Crippen LogP contribution in [0.15, 0.2) is 48.7 Å². The average molecular weight is 291 g/mol. The zero-order valence-electron chi connectivity index (χ0n) is 11.3. The summed E-state index contributed by atoms with van der Waals surface area (Å²) in [6.07, 6.45) is 2.56. The lowest BCUT2D eigenvalue weighted by Crippen LogP contribution is -2.26. The Balaban J connectivity index is 1.79. The van der Waals surface area contributed by atoms with Gasteiger partial charge in [-0.2, -0.15) is 0 Å². The monoisotopic (exact) mass is 290 g/mol. The number of aliphatic hydroxyl groups excluding tert-OH is 1. The van der Waals surface area contributed by atoms with Crippen molar-refractivity contribution in [2.24, 2.45) is 5.92 Å². The minimum Gasteiger partial charge on any atom is -0.396 e. The summed E-state index contributed by atoms with van der Waals surface area (Å²) >= 11 is 5.94. The fourth-order valence-corrected chi connectivity index (χ4v) is 2.30. The maximum atomic E-state index is 9.44. The van der Waals surface area contributed by atoms with E-state index < -0.39 is 0 Å². The fraction of sp³-hybridized carbons (Fsp3) is 0.312. The third-order valence-electron chi connectivity index (χ3n) is 3.13. The standard InChI is InChI=1S/C16H19ClN2O/c17-15-5-3-4-13(8-15)10-18-11-14(12-20)9-16-6-1-2-7-19-16/h1-8,14,18,20H,9-12H2. The van der Waals surface area contributed by atoms with Crippen LogP contribution in [-0.2, 0) is 13.0 Å². The maximum absolute atomic E-state index is 9.44. The predicted octanol–water partition coefficient (Wildman–Crippen LogP) is 2.68. The van der Waals surface area contributed by atoms with Crippen molar-refractivity contribution in [1.82, 2.24) is 10.3 Å². The number of nitrogens with one attached hydrogen (secondary N) is 1. The lowest BCUT2D eigenvalue weighted by atomic mass is 10.0. The normalized spacial score (nSPS) is 12.3. The molecule has 0 radical (unpaired) electrons. The molecule has 4 heteroatoms. The van der Waals surface area contributed by atoms with Crippen LogP contribution in [0.25, 0.3) is 0 Å². The molecule has 2 rings (SSSR count). The molecule has 20 heavy (non-hydrogen) atoms. The van der Waals surface area contributed by atoms with Gasteiger partial charge < -0.3 is 10.4 Å². The van der Waals surface area contributed by atoms with Crippen molar-refractivity contribution >= 4 is 11.6 Å². The lowest BCUT2D eigenvalue weighted by Gasteiger charge is -2.14. The van der Waals surface area contributed by atoms with Crippen LogP contribution in [0.2, 0.25) is 5.02 Å². The highest BCUT2D eigenvalue weighted by molar-refractivity contribution is 6.30. The Kier molecular flexibility index (Phi) is 5.99. The number of aliphatic hydroxyl groups is 1. The average Bonchev–Trinajstić information content (AvgIpc) is 2.47. The second-order valence-corrected chi connectivity index (χ2v) is 5.27. The van der Waals surface area contributed by atoms with Crippen LogP contribution in [0.1, 0.15) is 11.3 Å². The van der Waals surface area contributed by atoms with Gasteiger partial charge in [0.15, 0.2) is 0 Å². The molecular formula is C16H19ClN2O. The Morgan fingerprint density at radius 2 is 2.10 bits per heavy atom. The summed E-state index contributed by atoms with van der Waals surface area (Å²) in [6, 6.07) is 13.6. The van der Waals surface area contributed by atoms with Crippen molar-refractivity contribution in [2.75, 3.05) is 13.2 Å². The smallest absolute Gasteiger partial charge is 0.0475 e. The van der Waals surface area contributed by atoms with E-state index in [4.69, 9.17) is 11.6 Å². The topological polar surface area (TPSA) is 45.1 Å². The van der Waals surface area contributed by atoms with Gasteiger partial charge >= 0.3 is 0 Å². The molecule has 0 spiro atoms. The molecule has 0 aliphatic heterocycles. The number of halogens is 1. The van der Waals surface area contributed by atoms with Crippen molar-refractivity contribution in [2.45, 2.75) is 13.0 Å². The van der Waals surface area contributed by atoms with E-state index in [1.54, 1.807) is 6.20 Å². The molecule has 1 atom stereocenters. The van der Waals surface area contributed by atoms with Gasteiger partial charge in [-0.3, -0.25) is 4.98 Å². The van der Waals surface area contributed by atoms with Crippen LogP contribution in [-0.4, -0.2) is 23.2 Å². The molecule has 0 aliphatic carbocycles. The Labute approximate surface area is 124 Å². The second kappa shape index (κ2) is 8.00. The van der Waals surface area contributed by atoms with Crippen LogP contribution < -0.4 is 5.32 Å². The first-order valence-electron chi connectivity index (χ1n) is 6.74. The molecular weight excluding hydrogens is 272 g/mol. The van der Waals surface area contributed by atoms with Gasteiger partial charge in [0.05, 0.1) is 0 Å². The summed E-state index contributed by atoms with van der Waals surface area (Å²) in [7, 11) is 0. The first kappa shape index (κ1) is 15.0. The highest BCUT2D eigenvalue weighted by Crippen LogP contribution is 2.11. The molecule has 0 saturated carbocycles. The largest absolute Gasteiger partial charge is 0.396 e. The molecule has 2 aromatic rings. The molecule has 3 nitrogen and oxygen atoms in total.